The average molecular weight is 389 g/mol. The molecule has 0 aromatic heterocycles. The molecule has 1 aromatic carbocycles. The molecule has 1 fully saturated rings. The van der Waals surface area contributed by atoms with Crippen molar-refractivity contribution < 1.29 is 19.1 Å². The topological polar surface area (TPSA) is 75.7 Å². The predicted octanol–water partition coefficient (Wildman–Crippen LogP) is 3.46. The molecule has 0 saturated carbocycles. The molecule has 1 N–H and O–H groups in total. The minimum atomic E-state index is -0.873. The number of piperidine rings is 1. The Bertz CT molecular complexity index is 743. The number of amides is 2. The minimum Gasteiger partial charge on any atom is -0.452 e. The van der Waals surface area contributed by atoms with Gasteiger partial charge in [-0.25, -0.2) is 0 Å². The Hall–Kier alpha value is -2.37. The summed E-state index contributed by atoms with van der Waals surface area (Å²) in [5.74, 6) is -0.896. The summed E-state index contributed by atoms with van der Waals surface area (Å²) in [4.78, 5) is 39.0. The number of hydrogen-bond donors (Lipinski definition) is 1. The Morgan fingerprint density at radius 1 is 1.14 bits per heavy atom. The number of ether oxygens (including phenoxy) is 1. The van der Waals surface area contributed by atoms with Crippen LogP contribution in [0.4, 0.5) is 5.69 Å². The third kappa shape index (κ3) is 5.57. The molecule has 1 atom stereocenters. The van der Waals surface area contributed by atoms with Crippen LogP contribution < -0.4 is 5.32 Å². The van der Waals surface area contributed by atoms with Gasteiger partial charge in [0.05, 0.1) is 5.92 Å². The Labute approximate surface area is 167 Å². The molecule has 0 bridgehead atoms. The molecule has 0 unspecified atom stereocenters. The van der Waals surface area contributed by atoms with Gasteiger partial charge in [0.15, 0.2) is 6.10 Å². The molecule has 2 rings (SSSR count). The molecule has 0 spiro atoms. The van der Waals surface area contributed by atoms with Gasteiger partial charge in [-0.1, -0.05) is 38.5 Å². The molecule has 1 aliphatic heterocycles. The molecule has 0 aliphatic carbocycles. The molecular weight excluding hydrogens is 356 g/mol. The highest BCUT2D eigenvalue weighted by atomic mass is 16.5. The lowest BCUT2D eigenvalue weighted by atomic mass is 9.91. The Balaban J connectivity index is 1.85. The third-order valence-corrected chi connectivity index (χ3v) is 5.06. The van der Waals surface area contributed by atoms with Gasteiger partial charge in [0.1, 0.15) is 0 Å². The summed E-state index contributed by atoms with van der Waals surface area (Å²) in [5, 5.41) is 2.82. The average Bonchev–Trinajstić information content (AvgIpc) is 2.62. The largest absolute Gasteiger partial charge is 0.452 e. The molecular formula is C22H32N2O4. The summed E-state index contributed by atoms with van der Waals surface area (Å²) in [6.45, 7) is 12.3. The van der Waals surface area contributed by atoms with Crippen molar-refractivity contribution in [3.63, 3.8) is 0 Å². The van der Waals surface area contributed by atoms with Gasteiger partial charge >= 0.3 is 5.97 Å². The SMILES string of the molecule is Cc1ccc(NC(=O)[C@H](C)OC(=O)C2CCN(C(=O)C(C)(C)C)CC2)c(C)c1. The van der Waals surface area contributed by atoms with Gasteiger partial charge in [-0.2, -0.15) is 0 Å². The number of nitrogens with zero attached hydrogens (tertiary/aromatic N) is 1. The van der Waals surface area contributed by atoms with Gasteiger partial charge < -0.3 is 15.0 Å². The molecule has 2 amide bonds. The highest BCUT2D eigenvalue weighted by Gasteiger charge is 2.34. The van der Waals surface area contributed by atoms with Crippen LogP contribution in [0, 0.1) is 25.2 Å². The van der Waals surface area contributed by atoms with Crippen molar-refractivity contribution in [2.24, 2.45) is 11.3 Å². The second-order valence-corrected chi connectivity index (χ2v) is 8.70. The van der Waals surface area contributed by atoms with Crippen LogP contribution in [0.25, 0.3) is 0 Å². The van der Waals surface area contributed by atoms with Crippen LogP contribution in [0.1, 0.15) is 51.7 Å². The number of rotatable bonds is 4. The number of esters is 1. The lowest BCUT2D eigenvalue weighted by Crippen LogP contribution is -2.45. The van der Waals surface area contributed by atoms with E-state index in [9.17, 15) is 14.4 Å². The summed E-state index contributed by atoms with van der Waals surface area (Å²) in [5.41, 5.74) is 2.37. The van der Waals surface area contributed by atoms with Gasteiger partial charge in [0.2, 0.25) is 5.91 Å². The van der Waals surface area contributed by atoms with Crippen LogP contribution in [0.15, 0.2) is 18.2 Å². The summed E-state index contributed by atoms with van der Waals surface area (Å²) in [6.07, 6.45) is 0.250. The van der Waals surface area contributed by atoms with E-state index in [0.29, 0.717) is 31.6 Å². The molecule has 1 saturated heterocycles. The van der Waals surface area contributed by atoms with E-state index < -0.39 is 11.5 Å². The number of nitrogens with one attached hydrogen (secondary N) is 1. The maximum atomic E-state index is 12.4. The van der Waals surface area contributed by atoms with Crippen molar-refractivity contribution in [2.45, 2.75) is 60.5 Å². The molecule has 154 valence electrons. The first-order chi connectivity index (χ1) is 13.0. The smallest absolute Gasteiger partial charge is 0.309 e. The second kappa shape index (κ2) is 8.76. The molecule has 1 heterocycles. The molecule has 6 heteroatoms. The standard InChI is InChI=1S/C22H32N2O4/c1-14-7-8-18(15(2)13-14)23-19(25)16(3)28-20(26)17-9-11-24(12-10-17)21(27)22(4,5)6/h7-8,13,16-17H,9-12H2,1-6H3,(H,23,25)/t16-/m0/s1. The fourth-order valence-electron chi connectivity index (χ4n) is 3.30. The highest BCUT2D eigenvalue weighted by molar-refractivity contribution is 5.95. The number of likely N-dealkylation sites (tertiary alicyclic amines) is 1. The number of aryl methyl sites for hydroxylation is 2. The first kappa shape index (κ1) is 21.9. The number of carbonyl (C=O) groups excluding carboxylic acids is 3. The summed E-state index contributed by atoms with van der Waals surface area (Å²) in [7, 11) is 0. The van der Waals surface area contributed by atoms with Crippen LogP contribution in [0.5, 0.6) is 0 Å². The quantitative estimate of drug-likeness (QED) is 0.802. The van der Waals surface area contributed by atoms with E-state index in [1.54, 1.807) is 11.8 Å². The van der Waals surface area contributed by atoms with E-state index in [1.165, 1.54) is 0 Å². The van der Waals surface area contributed by atoms with Crippen molar-refractivity contribution in [1.29, 1.82) is 0 Å². The van der Waals surface area contributed by atoms with Crippen LogP contribution in [0.3, 0.4) is 0 Å². The maximum absolute atomic E-state index is 12.4. The van der Waals surface area contributed by atoms with Crippen molar-refractivity contribution in [3.05, 3.63) is 29.3 Å². The Kier molecular flexibility index (Phi) is 6.86. The zero-order valence-corrected chi connectivity index (χ0v) is 17.8. The van der Waals surface area contributed by atoms with Crippen molar-refractivity contribution >= 4 is 23.5 Å². The summed E-state index contributed by atoms with van der Waals surface area (Å²) in [6, 6.07) is 5.75. The van der Waals surface area contributed by atoms with E-state index in [2.05, 4.69) is 5.32 Å². The van der Waals surface area contributed by atoms with E-state index in [1.807, 2.05) is 52.8 Å². The molecule has 0 radical (unpaired) electrons. The fourth-order valence-corrected chi connectivity index (χ4v) is 3.30. The van der Waals surface area contributed by atoms with E-state index in [-0.39, 0.29) is 23.7 Å². The van der Waals surface area contributed by atoms with Gasteiger partial charge in [-0.05, 0) is 45.2 Å². The van der Waals surface area contributed by atoms with Gasteiger partial charge in [-0.3, -0.25) is 14.4 Å². The van der Waals surface area contributed by atoms with Crippen LogP contribution in [0.2, 0.25) is 0 Å². The predicted molar refractivity (Wildman–Crippen MR) is 109 cm³/mol. The highest BCUT2D eigenvalue weighted by Crippen LogP contribution is 2.25. The molecule has 1 aromatic rings. The Morgan fingerprint density at radius 2 is 1.75 bits per heavy atom. The third-order valence-electron chi connectivity index (χ3n) is 5.06. The first-order valence-electron chi connectivity index (χ1n) is 9.87. The van der Waals surface area contributed by atoms with Crippen LogP contribution in [-0.4, -0.2) is 41.9 Å². The molecule has 6 nitrogen and oxygen atoms in total. The maximum Gasteiger partial charge on any atom is 0.309 e. The van der Waals surface area contributed by atoms with Crippen molar-refractivity contribution in [2.75, 3.05) is 18.4 Å². The number of carbonyl (C=O) groups is 3. The lowest BCUT2D eigenvalue weighted by Gasteiger charge is -2.35. The number of benzene rings is 1. The van der Waals surface area contributed by atoms with Gasteiger partial charge in [0.25, 0.3) is 5.91 Å². The van der Waals surface area contributed by atoms with E-state index in [0.717, 1.165) is 11.1 Å². The minimum absolute atomic E-state index is 0.0977. The zero-order chi connectivity index (χ0) is 21.1. The Morgan fingerprint density at radius 3 is 2.29 bits per heavy atom. The first-order valence-corrected chi connectivity index (χ1v) is 9.87. The molecule has 28 heavy (non-hydrogen) atoms. The molecule has 1 aliphatic rings. The monoisotopic (exact) mass is 388 g/mol. The fraction of sp³-hybridized carbons (Fsp3) is 0.591. The van der Waals surface area contributed by atoms with E-state index >= 15 is 0 Å². The lowest BCUT2D eigenvalue weighted by molar-refractivity contribution is -0.160. The van der Waals surface area contributed by atoms with Crippen LogP contribution in [-0.2, 0) is 19.1 Å². The summed E-state index contributed by atoms with van der Waals surface area (Å²) >= 11 is 0. The zero-order valence-electron chi connectivity index (χ0n) is 17.8. The van der Waals surface area contributed by atoms with Crippen molar-refractivity contribution in [3.8, 4) is 0 Å². The van der Waals surface area contributed by atoms with E-state index in [4.69, 9.17) is 4.74 Å². The summed E-state index contributed by atoms with van der Waals surface area (Å²) < 4.78 is 5.40. The van der Waals surface area contributed by atoms with Crippen molar-refractivity contribution in [1.82, 2.24) is 4.90 Å². The van der Waals surface area contributed by atoms with Gasteiger partial charge in [-0.15, -0.1) is 0 Å². The second-order valence-electron chi connectivity index (χ2n) is 8.70. The number of anilines is 1. The van der Waals surface area contributed by atoms with Gasteiger partial charge in [0, 0.05) is 24.2 Å². The number of hydrogen-bond acceptors (Lipinski definition) is 4. The van der Waals surface area contributed by atoms with Crippen LogP contribution >= 0.6 is 0 Å². The normalized spacial score (nSPS) is 16.4.